The third-order valence-electron chi connectivity index (χ3n) is 1.89. The van der Waals surface area contributed by atoms with Crippen LogP contribution >= 0.6 is 0 Å². The molecule has 1 aromatic rings. The highest BCUT2D eigenvalue weighted by atomic mass is 16.4. The Morgan fingerprint density at radius 3 is 2.57 bits per heavy atom. The first-order chi connectivity index (χ1) is 6.49. The smallest absolute Gasteiger partial charge is 0.356 e. The largest absolute Gasteiger partial charge is 0.476 e. The van der Waals surface area contributed by atoms with E-state index >= 15 is 0 Å². The Morgan fingerprint density at radius 1 is 1.64 bits per heavy atom. The number of nitrogens with two attached hydrogens (primary N) is 1. The molecule has 0 amide bonds. The van der Waals surface area contributed by atoms with Gasteiger partial charge in [-0.2, -0.15) is 4.98 Å². The van der Waals surface area contributed by atoms with E-state index in [1.54, 1.807) is 23.6 Å². The van der Waals surface area contributed by atoms with Gasteiger partial charge in [-0.25, -0.2) is 4.79 Å². The third-order valence-corrected chi connectivity index (χ3v) is 1.89. The lowest BCUT2D eigenvalue weighted by molar-refractivity contribution is 0.0686. The molecule has 0 saturated carbocycles. The first-order valence-corrected chi connectivity index (χ1v) is 4.25. The Balaban J connectivity index is 3.35. The van der Waals surface area contributed by atoms with Gasteiger partial charge in [0.1, 0.15) is 0 Å². The molecule has 0 spiro atoms. The van der Waals surface area contributed by atoms with Crippen LogP contribution in [-0.4, -0.2) is 34.7 Å². The number of anilines is 2. The van der Waals surface area contributed by atoms with Crippen LogP contribution in [0, 0.1) is 0 Å². The van der Waals surface area contributed by atoms with Crippen molar-refractivity contribution in [2.45, 2.75) is 13.5 Å². The number of carboxylic acid groups (broad SMARTS) is 1. The van der Waals surface area contributed by atoms with Gasteiger partial charge < -0.3 is 20.3 Å². The Hall–Kier alpha value is -1.72. The molecule has 6 nitrogen and oxygen atoms in total. The van der Waals surface area contributed by atoms with Crippen molar-refractivity contribution in [3.63, 3.8) is 0 Å². The minimum Gasteiger partial charge on any atom is -0.476 e. The van der Waals surface area contributed by atoms with E-state index < -0.39 is 5.97 Å². The Morgan fingerprint density at radius 2 is 2.21 bits per heavy atom. The van der Waals surface area contributed by atoms with Crippen LogP contribution in [0.1, 0.15) is 17.4 Å². The standard InChI is InChI=1S/C8H14N4O2/c1-4-12-5(7(13)14)6(9)10-8(12)11(2)3/h4,9H2,1-3H3,(H,13,14). The topological polar surface area (TPSA) is 84.4 Å². The minimum atomic E-state index is -1.05. The monoisotopic (exact) mass is 198 g/mol. The molecule has 14 heavy (non-hydrogen) atoms. The van der Waals surface area contributed by atoms with Gasteiger partial charge in [-0.05, 0) is 6.92 Å². The molecule has 0 fully saturated rings. The van der Waals surface area contributed by atoms with Crippen LogP contribution < -0.4 is 10.6 Å². The van der Waals surface area contributed by atoms with Crippen molar-refractivity contribution in [2.24, 2.45) is 0 Å². The molecule has 0 aliphatic heterocycles. The maximum absolute atomic E-state index is 10.9. The minimum absolute atomic E-state index is 0.0520. The van der Waals surface area contributed by atoms with Gasteiger partial charge in [0.05, 0.1) is 0 Å². The second-order valence-electron chi connectivity index (χ2n) is 3.09. The molecule has 0 bridgehead atoms. The van der Waals surface area contributed by atoms with Gasteiger partial charge in [-0.3, -0.25) is 0 Å². The van der Waals surface area contributed by atoms with E-state index in [9.17, 15) is 4.79 Å². The van der Waals surface area contributed by atoms with Crippen molar-refractivity contribution in [1.29, 1.82) is 0 Å². The second-order valence-corrected chi connectivity index (χ2v) is 3.09. The molecule has 0 aromatic carbocycles. The summed E-state index contributed by atoms with van der Waals surface area (Å²) in [6.07, 6.45) is 0. The van der Waals surface area contributed by atoms with Crippen LogP contribution in [0.15, 0.2) is 0 Å². The van der Waals surface area contributed by atoms with Crippen LogP contribution in [0.25, 0.3) is 0 Å². The van der Waals surface area contributed by atoms with Crippen LogP contribution in [0.4, 0.5) is 11.8 Å². The molecule has 1 heterocycles. The Kier molecular flexibility index (Phi) is 2.64. The van der Waals surface area contributed by atoms with Crippen LogP contribution in [0.3, 0.4) is 0 Å². The summed E-state index contributed by atoms with van der Waals surface area (Å²) in [5.74, 6) is -0.435. The molecular formula is C8H14N4O2. The number of carbonyl (C=O) groups is 1. The van der Waals surface area contributed by atoms with Gasteiger partial charge in [-0.15, -0.1) is 0 Å². The van der Waals surface area contributed by atoms with E-state index in [1.807, 2.05) is 6.92 Å². The molecule has 1 aromatic heterocycles. The quantitative estimate of drug-likeness (QED) is 0.727. The predicted molar refractivity (Wildman–Crippen MR) is 53.6 cm³/mol. The first-order valence-electron chi connectivity index (χ1n) is 4.25. The van der Waals surface area contributed by atoms with Gasteiger partial charge in [0.25, 0.3) is 0 Å². The maximum atomic E-state index is 10.9. The van der Waals surface area contributed by atoms with Crippen molar-refractivity contribution in [1.82, 2.24) is 9.55 Å². The highest BCUT2D eigenvalue weighted by molar-refractivity contribution is 5.91. The van der Waals surface area contributed by atoms with Crippen molar-refractivity contribution < 1.29 is 9.90 Å². The fourth-order valence-electron chi connectivity index (χ4n) is 1.33. The average Bonchev–Trinajstić information content (AvgIpc) is 2.41. The van der Waals surface area contributed by atoms with Crippen molar-refractivity contribution >= 4 is 17.7 Å². The molecule has 6 heteroatoms. The lowest BCUT2D eigenvalue weighted by Gasteiger charge is -2.13. The molecule has 0 atom stereocenters. The number of aromatic nitrogens is 2. The van der Waals surface area contributed by atoms with E-state index in [0.29, 0.717) is 12.5 Å². The summed E-state index contributed by atoms with van der Waals surface area (Å²) in [4.78, 5) is 16.6. The fourth-order valence-corrected chi connectivity index (χ4v) is 1.33. The van der Waals surface area contributed by atoms with Crippen LogP contribution in [0.2, 0.25) is 0 Å². The number of rotatable bonds is 3. The zero-order chi connectivity index (χ0) is 10.9. The summed E-state index contributed by atoms with van der Waals surface area (Å²) in [6, 6.07) is 0. The van der Waals surface area contributed by atoms with E-state index in [4.69, 9.17) is 10.8 Å². The molecule has 0 unspecified atom stereocenters. The zero-order valence-corrected chi connectivity index (χ0v) is 8.48. The molecule has 0 saturated heterocycles. The predicted octanol–water partition coefficient (Wildman–Crippen LogP) is 0.249. The number of imidazole rings is 1. The first kappa shape index (κ1) is 10.4. The molecule has 3 N–H and O–H groups in total. The summed E-state index contributed by atoms with van der Waals surface area (Å²) >= 11 is 0. The van der Waals surface area contributed by atoms with E-state index in [1.165, 1.54) is 0 Å². The van der Waals surface area contributed by atoms with Gasteiger partial charge in [0.15, 0.2) is 11.5 Å². The highest BCUT2D eigenvalue weighted by Crippen LogP contribution is 2.19. The van der Waals surface area contributed by atoms with E-state index in [0.717, 1.165) is 0 Å². The molecule has 1 rings (SSSR count). The summed E-state index contributed by atoms with van der Waals surface area (Å²) in [5.41, 5.74) is 5.57. The normalized spacial score (nSPS) is 10.2. The van der Waals surface area contributed by atoms with E-state index in [-0.39, 0.29) is 11.5 Å². The lowest BCUT2D eigenvalue weighted by Crippen LogP contribution is -2.17. The molecule has 0 radical (unpaired) electrons. The molecule has 78 valence electrons. The highest BCUT2D eigenvalue weighted by Gasteiger charge is 2.20. The Labute approximate surface area is 82.0 Å². The summed E-state index contributed by atoms with van der Waals surface area (Å²) in [6.45, 7) is 2.37. The number of hydrogen-bond donors (Lipinski definition) is 2. The van der Waals surface area contributed by atoms with Crippen LogP contribution in [0.5, 0.6) is 0 Å². The Bertz CT molecular complexity index is 356. The van der Waals surface area contributed by atoms with Crippen molar-refractivity contribution in [3.8, 4) is 0 Å². The van der Waals surface area contributed by atoms with E-state index in [2.05, 4.69) is 4.98 Å². The van der Waals surface area contributed by atoms with Crippen molar-refractivity contribution in [3.05, 3.63) is 5.69 Å². The van der Waals surface area contributed by atoms with Gasteiger partial charge in [0.2, 0.25) is 5.95 Å². The zero-order valence-electron chi connectivity index (χ0n) is 8.48. The fraction of sp³-hybridized carbons (Fsp3) is 0.500. The number of aromatic carboxylic acids is 1. The third kappa shape index (κ3) is 1.50. The van der Waals surface area contributed by atoms with Gasteiger partial charge >= 0.3 is 5.97 Å². The van der Waals surface area contributed by atoms with Crippen LogP contribution in [-0.2, 0) is 6.54 Å². The summed E-state index contributed by atoms with van der Waals surface area (Å²) in [7, 11) is 3.58. The maximum Gasteiger partial charge on any atom is 0.356 e. The molecule has 0 aliphatic carbocycles. The lowest BCUT2D eigenvalue weighted by atomic mass is 10.4. The number of carboxylic acids is 1. The van der Waals surface area contributed by atoms with Gasteiger partial charge in [0, 0.05) is 20.6 Å². The second kappa shape index (κ2) is 3.57. The summed E-state index contributed by atoms with van der Waals surface area (Å²) in [5, 5.41) is 8.91. The van der Waals surface area contributed by atoms with Crippen molar-refractivity contribution in [2.75, 3.05) is 24.7 Å². The SMILES string of the molecule is CCn1c(N(C)C)nc(N)c1C(=O)O. The summed E-state index contributed by atoms with van der Waals surface area (Å²) < 4.78 is 1.57. The number of hydrogen-bond acceptors (Lipinski definition) is 4. The molecular weight excluding hydrogens is 184 g/mol. The van der Waals surface area contributed by atoms with Gasteiger partial charge in [-0.1, -0.05) is 0 Å². The molecule has 0 aliphatic rings. The average molecular weight is 198 g/mol. The number of nitrogens with zero attached hydrogens (tertiary/aromatic N) is 3. The number of nitrogen functional groups attached to an aromatic ring is 1.